The van der Waals surface area contributed by atoms with Gasteiger partial charge in [-0.1, -0.05) is 122 Å². The van der Waals surface area contributed by atoms with E-state index in [1.807, 2.05) is 0 Å². The van der Waals surface area contributed by atoms with E-state index < -0.39 is 12.1 Å². The number of hydrogen-bond donors (Lipinski definition) is 1. The number of allylic oxidation sites excluding steroid dienone is 2. The lowest BCUT2D eigenvalue weighted by molar-refractivity contribution is -0.153. The van der Waals surface area contributed by atoms with Crippen LogP contribution in [0.1, 0.15) is 162 Å². The molecule has 0 saturated carbocycles. The first-order chi connectivity index (χ1) is 16.6. The highest BCUT2D eigenvalue weighted by atomic mass is 16.5. The fourth-order valence-electron chi connectivity index (χ4n) is 4.30. The number of carboxylic acids is 1. The van der Waals surface area contributed by atoms with Crippen molar-refractivity contribution in [2.45, 2.75) is 168 Å². The summed E-state index contributed by atoms with van der Waals surface area (Å²) in [5.41, 5.74) is 0. The number of carbonyl (C=O) groups is 2. The number of carbonyl (C=O) groups excluding carboxylic acids is 1. The summed E-state index contributed by atoms with van der Waals surface area (Å²) in [4.78, 5) is 23.3. The fourth-order valence-corrected chi connectivity index (χ4v) is 4.30. The van der Waals surface area contributed by atoms with Gasteiger partial charge in [-0.2, -0.15) is 0 Å². The normalized spacial score (nSPS) is 12.3. The molecule has 0 amide bonds. The molecule has 4 nitrogen and oxygen atoms in total. The number of carboxylic acid groups (broad SMARTS) is 1. The van der Waals surface area contributed by atoms with Crippen molar-refractivity contribution in [3.63, 3.8) is 0 Å². The van der Waals surface area contributed by atoms with Crippen molar-refractivity contribution in [3.05, 3.63) is 12.2 Å². The third-order valence-electron chi connectivity index (χ3n) is 6.47. The van der Waals surface area contributed by atoms with Crippen LogP contribution in [0, 0.1) is 0 Å². The molecule has 0 heterocycles. The van der Waals surface area contributed by atoms with Gasteiger partial charge in [-0.3, -0.25) is 9.59 Å². The van der Waals surface area contributed by atoms with Crippen LogP contribution in [0.5, 0.6) is 0 Å². The van der Waals surface area contributed by atoms with Gasteiger partial charge in [0.1, 0.15) is 6.10 Å². The van der Waals surface area contributed by atoms with Crippen molar-refractivity contribution in [2.24, 2.45) is 0 Å². The Morgan fingerprint density at radius 2 is 1.12 bits per heavy atom. The second-order valence-corrected chi connectivity index (χ2v) is 9.95. The molecular weight excluding hydrogens is 424 g/mol. The summed E-state index contributed by atoms with van der Waals surface area (Å²) in [5, 5.41) is 9.16. The standard InChI is InChI=1S/C30H56O4/c1-3-5-7-9-11-13-15-17-19-21-23-25-28(27-29(31)32)34-30(33)26-24-22-20-18-16-14-12-10-8-6-4-2/h10,12,28H,3-9,11,13-27H2,1-2H3,(H,31,32)/b12-10-. The van der Waals surface area contributed by atoms with E-state index in [9.17, 15) is 9.59 Å². The summed E-state index contributed by atoms with van der Waals surface area (Å²) in [6.45, 7) is 4.47. The van der Waals surface area contributed by atoms with Crippen molar-refractivity contribution in [1.82, 2.24) is 0 Å². The number of hydrogen-bond acceptors (Lipinski definition) is 3. The van der Waals surface area contributed by atoms with Gasteiger partial charge < -0.3 is 9.84 Å². The zero-order chi connectivity index (χ0) is 25.1. The van der Waals surface area contributed by atoms with Crippen LogP contribution in [-0.2, 0) is 14.3 Å². The van der Waals surface area contributed by atoms with Crippen LogP contribution in [-0.4, -0.2) is 23.1 Å². The molecule has 0 aliphatic rings. The van der Waals surface area contributed by atoms with Gasteiger partial charge in [-0.15, -0.1) is 0 Å². The lowest BCUT2D eigenvalue weighted by Crippen LogP contribution is -2.21. The summed E-state index contributed by atoms with van der Waals surface area (Å²) in [6.07, 6.45) is 29.3. The van der Waals surface area contributed by atoms with Crippen molar-refractivity contribution in [1.29, 1.82) is 0 Å². The predicted octanol–water partition coefficient (Wildman–Crippen LogP) is 9.55. The summed E-state index contributed by atoms with van der Waals surface area (Å²) in [7, 11) is 0. The smallest absolute Gasteiger partial charge is 0.307 e. The second-order valence-electron chi connectivity index (χ2n) is 9.95. The maximum Gasteiger partial charge on any atom is 0.307 e. The second kappa shape index (κ2) is 26.3. The van der Waals surface area contributed by atoms with Crippen LogP contribution in [0.25, 0.3) is 0 Å². The van der Waals surface area contributed by atoms with Crippen molar-refractivity contribution in [2.75, 3.05) is 0 Å². The van der Waals surface area contributed by atoms with E-state index in [4.69, 9.17) is 9.84 Å². The zero-order valence-electron chi connectivity index (χ0n) is 22.7. The lowest BCUT2D eigenvalue weighted by Gasteiger charge is -2.16. The third-order valence-corrected chi connectivity index (χ3v) is 6.47. The molecule has 0 radical (unpaired) electrons. The first-order valence-electron chi connectivity index (χ1n) is 14.7. The van der Waals surface area contributed by atoms with Gasteiger partial charge in [0, 0.05) is 6.42 Å². The molecule has 0 aromatic heterocycles. The Kier molecular flexibility index (Phi) is 25.3. The van der Waals surface area contributed by atoms with Crippen LogP contribution < -0.4 is 0 Å². The Morgan fingerprint density at radius 1 is 0.647 bits per heavy atom. The molecule has 1 unspecified atom stereocenters. The Balaban J connectivity index is 3.74. The largest absolute Gasteiger partial charge is 0.481 e. The van der Waals surface area contributed by atoms with Crippen molar-refractivity contribution < 1.29 is 19.4 Å². The SMILES string of the molecule is CCCC/C=C\CCCCCCCC(=O)OC(CCCCCCCCCCCCC)CC(=O)O. The zero-order valence-corrected chi connectivity index (χ0v) is 22.7. The average molecular weight is 481 g/mol. The molecule has 1 atom stereocenters. The van der Waals surface area contributed by atoms with Crippen LogP contribution in [0.2, 0.25) is 0 Å². The Hall–Kier alpha value is -1.32. The number of esters is 1. The number of aliphatic carboxylic acids is 1. The summed E-state index contributed by atoms with van der Waals surface area (Å²) in [6, 6.07) is 0. The molecule has 0 aromatic rings. The maximum absolute atomic E-state index is 12.2. The highest BCUT2D eigenvalue weighted by molar-refractivity contribution is 5.71. The van der Waals surface area contributed by atoms with Gasteiger partial charge in [0.05, 0.1) is 6.42 Å². The van der Waals surface area contributed by atoms with E-state index in [1.165, 1.54) is 89.9 Å². The maximum atomic E-state index is 12.2. The van der Waals surface area contributed by atoms with Gasteiger partial charge in [0.25, 0.3) is 0 Å². The van der Waals surface area contributed by atoms with Crippen LogP contribution in [0.15, 0.2) is 12.2 Å². The van der Waals surface area contributed by atoms with Gasteiger partial charge in [-0.05, 0) is 38.5 Å². The molecule has 0 rings (SSSR count). The molecule has 0 fully saturated rings. The quantitative estimate of drug-likeness (QED) is 0.0760. The minimum absolute atomic E-state index is 0.0741. The molecule has 0 aromatic carbocycles. The number of rotatable bonds is 26. The number of unbranched alkanes of at least 4 members (excludes halogenated alkanes) is 17. The van der Waals surface area contributed by atoms with Crippen molar-refractivity contribution in [3.8, 4) is 0 Å². The minimum Gasteiger partial charge on any atom is -0.481 e. The van der Waals surface area contributed by atoms with E-state index in [2.05, 4.69) is 26.0 Å². The monoisotopic (exact) mass is 480 g/mol. The Morgan fingerprint density at radius 3 is 1.68 bits per heavy atom. The van der Waals surface area contributed by atoms with Crippen LogP contribution in [0.4, 0.5) is 0 Å². The molecule has 34 heavy (non-hydrogen) atoms. The van der Waals surface area contributed by atoms with E-state index >= 15 is 0 Å². The predicted molar refractivity (Wildman–Crippen MR) is 144 cm³/mol. The number of ether oxygens (including phenoxy) is 1. The Labute approximate surface area is 211 Å². The van der Waals surface area contributed by atoms with Crippen LogP contribution >= 0.6 is 0 Å². The van der Waals surface area contributed by atoms with Gasteiger partial charge in [-0.25, -0.2) is 0 Å². The Bertz CT molecular complexity index is 486. The molecule has 0 aliphatic heterocycles. The highest BCUT2D eigenvalue weighted by Crippen LogP contribution is 2.16. The molecular formula is C30H56O4. The topological polar surface area (TPSA) is 63.6 Å². The summed E-state index contributed by atoms with van der Waals surface area (Å²) >= 11 is 0. The van der Waals surface area contributed by atoms with Gasteiger partial charge >= 0.3 is 11.9 Å². The lowest BCUT2D eigenvalue weighted by atomic mass is 10.0. The summed E-state index contributed by atoms with van der Waals surface area (Å²) < 4.78 is 5.52. The highest BCUT2D eigenvalue weighted by Gasteiger charge is 2.17. The van der Waals surface area contributed by atoms with E-state index in [-0.39, 0.29) is 12.4 Å². The summed E-state index contributed by atoms with van der Waals surface area (Å²) in [5.74, 6) is -1.11. The van der Waals surface area contributed by atoms with Gasteiger partial charge in [0.15, 0.2) is 0 Å². The molecule has 1 N–H and O–H groups in total. The van der Waals surface area contributed by atoms with Crippen LogP contribution in [0.3, 0.4) is 0 Å². The van der Waals surface area contributed by atoms with E-state index in [0.29, 0.717) is 12.8 Å². The van der Waals surface area contributed by atoms with E-state index in [0.717, 1.165) is 38.5 Å². The molecule has 0 saturated heterocycles. The average Bonchev–Trinajstić information content (AvgIpc) is 2.80. The van der Waals surface area contributed by atoms with Crippen molar-refractivity contribution >= 4 is 11.9 Å². The van der Waals surface area contributed by atoms with Gasteiger partial charge in [0.2, 0.25) is 0 Å². The molecule has 0 spiro atoms. The van der Waals surface area contributed by atoms with E-state index in [1.54, 1.807) is 0 Å². The first-order valence-corrected chi connectivity index (χ1v) is 14.7. The molecule has 0 aliphatic carbocycles. The third kappa shape index (κ3) is 25.3. The molecule has 0 bridgehead atoms. The molecule has 4 heteroatoms. The fraction of sp³-hybridized carbons (Fsp3) is 0.867. The molecule has 200 valence electrons. The first kappa shape index (κ1) is 32.7. The minimum atomic E-state index is -0.885.